The number of hydrogen-bond acceptors (Lipinski definition) is 5. The second-order valence-electron chi connectivity index (χ2n) is 7.14. The van der Waals surface area contributed by atoms with E-state index in [1.54, 1.807) is 7.11 Å². The van der Waals surface area contributed by atoms with Gasteiger partial charge in [0.2, 0.25) is 5.91 Å². The molecule has 2 N–H and O–H groups in total. The molecule has 8 nitrogen and oxygen atoms in total. The van der Waals surface area contributed by atoms with Gasteiger partial charge < -0.3 is 15.4 Å². The highest BCUT2D eigenvalue weighted by molar-refractivity contribution is 6.22. The van der Waals surface area contributed by atoms with Crippen molar-refractivity contribution in [2.75, 3.05) is 33.4 Å². The molecule has 0 radical (unpaired) electrons. The fraction of sp³-hybridized carbons (Fsp3) is 0.304. The third kappa shape index (κ3) is 5.55. The summed E-state index contributed by atoms with van der Waals surface area (Å²) in [6.07, 6.45) is 0.821. The Morgan fingerprint density at radius 1 is 0.935 bits per heavy atom. The third-order valence-corrected chi connectivity index (χ3v) is 4.90. The summed E-state index contributed by atoms with van der Waals surface area (Å²) in [5.41, 5.74) is 1.73. The lowest BCUT2D eigenvalue weighted by Crippen LogP contribution is -2.35. The average molecular weight is 423 g/mol. The van der Waals surface area contributed by atoms with Crippen molar-refractivity contribution in [2.45, 2.75) is 12.8 Å². The Morgan fingerprint density at radius 3 is 2.39 bits per heavy atom. The molecule has 0 saturated heterocycles. The van der Waals surface area contributed by atoms with E-state index in [-0.39, 0.29) is 54.9 Å². The number of nitrogens with zero attached hydrogens (tertiary/aromatic N) is 1. The first-order valence-corrected chi connectivity index (χ1v) is 10.1. The first-order chi connectivity index (χ1) is 15.0. The number of amides is 4. The van der Waals surface area contributed by atoms with Crippen molar-refractivity contribution < 1.29 is 23.9 Å². The van der Waals surface area contributed by atoms with Gasteiger partial charge in [0.05, 0.1) is 17.5 Å². The maximum Gasteiger partial charge on any atom is 0.261 e. The number of carbonyl (C=O) groups excluding carboxylic acids is 4. The maximum absolute atomic E-state index is 12.5. The average Bonchev–Trinajstić information content (AvgIpc) is 3.01. The predicted molar refractivity (Wildman–Crippen MR) is 114 cm³/mol. The number of carbonyl (C=O) groups is 4. The molecule has 1 aliphatic rings. The van der Waals surface area contributed by atoms with Crippen LogP contribution in [-0.2, 0) is 16.0 Å². The van der Waals surface area contributed by atoms with Gasteiger partial charge in [-0.15, -0.1) is 0 Å². The SMILES string of the molecule is COCCCN1C(=O)c2ccc(C(=O)NCCNC(=O)Cc3ccccc3)cc2C1=O. The number of methoxy groups -OCH3 is 1. The first-order valence-electron chi connectivity index (χ1n) is 10.1. The van der Waals surface area contributed by atoms with E-state index in [1.165, 1.54) is 23.1 Å². The van der Waals surface area contributed by atoms with Gasteiger partial charge in [-0.3, -0.25) is 24.1 Å². The molecule has 0 bridgehead atoms. The highest BCUT2D eigenvalue weighted by Crippen LogP contribution is 2.24. The molecule has 1 heterocycles. The smallest absolute Gasteiger partial charge is 0.261 e. The predicted octanol–water partition coefficient (Wildman–Crippen LogP) is 1.41. The van der Waals surface area contributed by atoms with Gasteiger partial charge in [-0.2, -0.15) is 0 Å². The van der Waals surface area contributed by atoms with Gasteiger partial charge in [-0.25, -0.2) is 0 Å². The Bertz CT molecular complexity index is 974. The van der Waals surface area contributed by atoms with Crippen LogP contribution in [0.5, 0.6) is 0 Å². The van der Waals surface area contributed by atoms with E-state index >= 15 is 0 Å². The van der Waals surface area contributed by atoms with Crippen molar-refractivity contribution in [3.05, 3.63) is 70.8 Å². The van der Waals surface area contributed by atoms with E-state index in [1.807, 2.05) is 30.3 Å². The minimum absolute atomic E-state index is 0.129. The van der Waals surface area contributed by atoms with Gasteiger partial charge in [0, 0.05) is 38.9 Å². The number of hydrogen-bond donors (Lipinski definition) is 2. The molecule has 4 amide bonds. The van der Waals surface area contributed by atoms with Crippen LogP contribution in [0.1, 0.15) is 43.1 Å². The molecule has 0 fully saturated rings. The van der Waals surface area contributed by atoms with Crippen molar-refractivity contribution in [1.29, 1.82) is 0 Å². The molecule has 0 atom stereocenters. The summed E-state index contributed by atoms with van der Waals surface area (Å²) in [5, 5.41) is 5.46. The van der Waals surface area contributed by atoms with E-state index in [4.69, 9.17) is 4.74 Å². The van der Waals surface area contributed by atoms with Crippen LogP contribution in [0, 0.1) is 0 Å². The second kappa shape index (κ2) is 10.5. The largest absolute Gasteiger partial charge is 0.385 e. The molecule has 2 aromatic carbocycles. The van der Waals surface area contributed by atoms with Crippen LogP contribution >= 0.6 is 0 Å². The van der Waals surface area contributed by atoms with Crippen LogP contribution < -0.4 is 10.6 Å². The van der Waals surface area contributed by atoms with E-state index in [9.17, 15) is 19.2 Å². The van der Waals surface area contributed by atoms with Crippen LogP contribution in [0.25, 0.3) is 0 Å². The number of rotatable bonds is 10. The van der Waals surface area contributed by atoms with Gasteiger partial charge in [0.15, 0.2) is 0 Å². The summed E-state index contributed by atoms with van der Waals surface area (Å²) in [6, 6.07) is 13.8. The molecule has 0 spiro atoms. The van der Waals surface area contributed by atoms with Crippen LogP contribution in [0.4, 0.5) is 0 Å². The number of nitrogens with one attached hydrogen (secondary N) is 2. The van der Waals surface area contributed by atoms with E-state index in [0.717, 1.165) is 5.56 Å². The fourth-order valence-electron chi connectivity index (χ4n) is 3.33. The monoisotopic (exact) mass is 423 g/mol. The zero-order chi connectivity index (χ0) is 22.2. The topological polar surface area (TPSA) is 105 Å². The van der Waals surface area contributed by atoms with Crippen LogP contribution in [-0.4, -0.2) is 61.9 Å². The molecular weight excluding hydrogens is 398 g/mol. The molecule has 0 unspecified atom stereocenters. The van der Waals surface area contributed by atoms with Crippen LogP contribution in [0.2, 0.25) is 0 Å². The van der Waals surface area contributed by atoms with Gasteiger partial charge in [0.1, 0.15) is 0 Å². The molecule has 8 heteroatoms. The third-order valence-electron chi connectivity index (χ3n) is 4.90. The molecule has 2 aromatic rings. The summed E-state index contributed by atoms with van der Waals surface area (Å²) in [6.45, 7) is 1.24. The van der Waals surface area contributed by atoms with Gasteiger partial charge >= 0.3 is 0 Å². The lowest BCUT2D eigenvalue weighted by molar-refractivity contribution is -0.120. The zero-order valence-corrected chi connectivity index (χ0v) is 17.3. The quantitative estimate of drug-likeness (QED) is 0.444. The molecule has 1 aliphatic heterocycles. The molecule has 0 aliphatic carbocycles. The lowest BCUT2D eigenvalue weighted by Gasteiger charge is -2.12. The normalized spacial score (nSPS) is 12.6. The fourth-order valence-corrected chi connectivity index (χ4v) is 3.33. The number of fused-ring (bicyclic) bond motifs is 1. The maximum atomic E-state index is 12.5. The highest BCUT2D eigenvalue weighted by atomic mass is 16.5. The second-order valence-corrected chi connectivity index (χ2v) is 7.14. The lowest BCUT2D eigenvalue weighted by atomic mass is 10.1. The zero-order valence-electron chi connectivity index (χ0n) is 17.3. The molecule has 0 saturated carbocycles. The minimum Gasteiger partial charge on any atom is -0.385 e. The van der Waals surface area contributed by atoms with Gasteiger partial charge in [-0.1, -0.05) is 30.3 Å². The van der Waals surface area contributed by atoms with E-state index < -0.39 is 5.91 Å². The number of imide groups is 1. The summed E-state index contributed by atoms with van der Waals surface area (Å²) < 4.78 is 4.96. The number of benzene rings is 2. The van der Waals surface area contributed by atoms with Crippen molar-refractivity contribution in [1.82, 2.24) is 15.5 Å². The summed E-state index contributed by atoms with van der Waals surface area (Å²) in [4.78, 5) is 50.5. The summed E-state index contributed by atoms with van der Waals surface area (Å²) >= 11 is 0. The highest BCUT2D eigenvalue weighted by Gasteiger charge is 2.35. The van der Waals surface area contributed by atoms with E-state index in [2.05, 4.69) is 10.6 Å². The van der Waals surface area contributed by atoms with E-state index in [0.29, 0.717) is 18.6 Å². The Labute approximate surface area is 180 Å². The molecule has 31 heavy (non-hydrogen) atoms. The minimum atomic E-state index is -0.404. The Hall–Kier alpha value is -3.52. The van der Waals surface area contributed by atoms with Gasteiger partial charge in [0.25, 0.3) is 17.7 Å². The molecule has 0 aromatic heterocycles. The van der Waals surface area contributed by atoms with Crippen molar-refractivity contribution in [3.8, 4) is 0 Å². The Balaban J connectivity index is 1.49. The molecular formula is C23H25N3O5. The first kappa shape index (κ1) is 22.2. The molecule has 3 rings (SSSR count). The Kier molecular flexibility index (Phi) is 7.50. The standard InChI is InChI=1S/C23H25N3O5/c1-31-13-5-12-26-22(29)18-9-8-17(15-19(18)23(26)30)21(28)25-11-10-24-20(27)14-16-6-3-2-4-7-16/h2-4,6-9,15H,5,10-14H2,1H3,(H,24,27)(H,25,28). The summed E-state index contributed by atoms with van der Waals surface area (Å²) in [7, 11) is 1.56. The van der Waals surface area contributed by atoms with Crippen molar-refractivity contribution >= 4 is 23.6 Å². The summed E-state index contributed by atoms with van der Waals surface area (Å²) in [5.74, 6) is -1.27. The number of ether oxygens (including phenoxy) is 1. The van der Waals surface area contributed by atoms with Gasteiger partial charge in [-0.05, 0) is 30.2 Å². The Morgan fingerprint density at radius 2 is 1.65 bits per heavy atom. The van der Waals surface area contributed by atoms with Crippen molar-refractivity contribution in [3.63, 3.8) is 0 Å². The van der Waals surface area contributed by atoms with Crippen molar-refractivity contribution in [2.24, 2.45) is 0 Å². The van der Waals surface area contributed by atoms with Crippen LogP contribution in [0.15, 0.2) is 48.5 Å². The molecule has 162 valence electrons. The van der Waals surface area contributed by atoms with Crippen LogP contribution in [0.3, 0.4) is 0 Å².